The quantitative estimate of drug-likeness (QED) is 0.551. The Morgan fingerprint density at radius 3 is 2.48 bits per heavy atom. The van der Waals surface area contributed by atoms with Crippen molar-refractivity contribution in [1.29, 1.82) is 0 Å². The van der Waals surface area contributed by atoms with Crippen molar-refractivity contribution in [3.05, 3.63) is 77.9 Å². The molecule has 0 radical (unpaired) electrons. The number of fused-ring (bicyclic) bond motifs is 5. The van der Waals surface area contributed by atoms with Gasteiger partial charge in [0, 0.05) is 44.0 Å². The van der Waals surface area contributed by atoms with Crippen molar-refractivity contribution in [3.63, 3.8) is 0 Å². The topological polar surface area (TPSA) is 28.1 Å². The number of likely N-dealkylation sites (tertiary alicyclic amines) is 1. The molecule has 3 aliphatic heterocycles. The van der Waals surface area contributed by atoms with Gasteiger partial charge < -0.3 is 9.64 Å². The molecule has 0 N–H and O–H groups in total. The minimum Gasteiger partial charge on any atom is -0.466 e. The molecule has 3 aromatic rings. The van der Waals surface area contributed by atoms with Crippen LogP contribution in [0.1, 0.15) is 50.3 Å². The van der Waals surface area contributed by atoms with Gasteiger partial charge >= 0.3 is 0 Å². The molecule has 1 spiro atoms. The minimum absolute atomic E-state index is 0.247. The molecule has 6 rings (SSSR count). The highest BCUT2D eigenvalue weighted by Gasteiger charge is 2.51. The highest BCUT2D eigenvalue weighted by atomic mass is 16.5. The maximum absolute atomic E-state index is 6.75. The van der Waals surface area contributed by atoms with Crippen LogP contribution in [0.5, 0.6) is 5.75 Å². The molecule has 1 fully saturated rings. The lowest BCUT2D eigenvalue weighted by Gasteiger charge is -2.51. The van der Waals surface area contributed by atoms with E-state index in [0.29, 0.717) is 6.04 Å². The van der Waals surface area contributed by atoms with Crippen LogP contribution in [0, 0.1) is 0 Å². The normalized spacial score (nSPS) is 22.4. The summed E-state index contributed by atoms with van der Waals surface area (Å²) < 4.78 is 6.75. The van der Waals surface area contributed by atoms with Gasteiger partial charge in [-0.25, -0.2) is 5.01 Å². The molecule has 1 atom stereocenters. The second kappa shape index (κ2) is 7.10. The molecular weight excluding hydrogens is 382 g/mol. The molecule has 0 aromatic heterocycles. The molecule has 4 heteroatoms. The Labute approximate surface area is 184 Å². The van der Waals surface area contributed by atoms with Gasteiger partial charge in [0.25, 0.3) is 0 Å². The van der Waals surface area contributed by atoms with E-state index in [1.807, 2.05) is 0 Å². The van der Waals surface area contributed by atoms with Gasteiger partial charge in [0.1, 0.15) is 5.75 Å². The lowest BCUT2D eigenvalue weighted by atomic mass is 9.90. The highest BCUT2D eigenvalue weighted by molar-refractivity contribution is 6.04. The van der Waals surface area contributed by atoms with Gasteiger partial charge in [-0.1, -0.05) is 54.6 Å². The summed E-state index contributed by atoms with van der Waals surface area (Å²) in [6.07, 6.45) is 2.88. The minimum atomic E-state index is -0.344. The maximum Gasteiger partial charge on any atom is 0.200 e. The van der Waals surface area contributed by atoms with E-state index >= 15 is 0 Å². The van der Waals surface area contributed by atoms with Crippen LogP contribution >= 0.6 is 0 Å². The van der Waals surface area contributed by atoms with Crippen molar-refractivity contribution in [3.8, 4) is 5.75 Å². The number of para-hydroxylation sites is 1. The van der Waals surface area contributed by atoms with Gasteiger partial charge in [-0.2, -0.15) is 5.10 Å². The Morgan fingerprint density at radius 2 is 1.68 bits per heavy atom. The van der Waals surface area contributed by atoms with Crippen molar-refractivity contribution in [2.45, 2.75) is 50.9 Å². The van der Waals surface area contributed by atoms with E-state index < -0.39 is 0 Å². The van der Waals surface area contributed by atoms with Gasteiger partial charge in [0.05, 0.1) is 11.8 Å². The summed E-state index contributed by atoms with van der Waals surface area (Å²) in [5, 5.41) is 10.1. The Morgan fingerprint density at radius 1 is 0.935 bits per heavy atom. The van der Waals surface area contributed by atoms with Crippen LogP contribution in [0.2, 0.25) is 0 Å². The van der Waals surface area contributed by atoms with Crippen LogP contribution in [-0.4, -0.2) is 40.5 Å². The third-order valence-electron chi connectivity index (χ3n) is 7.30. The molecule has 4 nitrogen and oxygen atoms in total. The average Bonchev–Trinajstić information content (AvgIpc) is 3.26. The first kappa shape index (κ1) is 18.9. The zero-order valence-electron chi connectivity index (χ0n) is 18.3. The average molecular weight is 412 g/mol. The predicted molar refractivity (Wildman–Crippen MR) is 125 cm³/mol. The zero-order valence-corrected chi connectivity index (χ0v) is 18.3. The largest absolute Gasteiger partial charge is 0.466 e. The number of hydrogen-bond donors (Lipinski definition) is 0. The van der Waals surface area contributed by atoms with E-state index in [9.17, 15) is 0 Å². The number of piperidine rings is 1. The summed E-state index contributed by atoms with van der Waals surface area (Å²) in [4.78, 5) is 2.55. The number of nitrogens with zero attached hydrogens (tertiary/aromatic N) is 3. The van der Waals surface area contributed by atoms with Crippen LogP contribution in [-0.2, 0) is 0 Å². The molecule has 3 aromatic carbocycles. The number of hydrogen-bond acceptors (Lipinski definition) is 4. The third-order valence-corrected chi connectivity index (χ3v) is 7.30. The molecule has 158 valence electrons. The van der Waals surface area contributed by atoms with Crippen molar-refractivity contribution in [1.82, 2.24) is 9.91 Å². The van der Waals surface area contributed by atoms with Gasteiger partial charge in [0.15, 0.2) is 0 Å². The van der Waals surface area contributed by atoms with Crippen LogP contribution in [0.25, 0.3) is 10.8 Å². The standard InChI is InChI=1S/C27H29N3O/c1-19(2)29-15-13-27(14-16-29)30-25(23-9-5-6-10-26(23)31-27)18-24(28-30)22-12-11-20-7-3-4-8-21(20)17-22/h3-12,17,19,25H,13-16,18H2,1-2H3/t25-/m1/s1. The smallest absolute Gasteiger partial charge is 0.200 e. The van der Waals surface area contributed by atoms with Crippen LogP contribution < -0.4 is 4.74 Å². The lowest BCUT2D eigenvalue weighted by molar-refractivity contribution is -0.152. The summed E-state index contributed by atoms with van der Waals surface area (Å²) >= 11 is 0. The Kier molecular flexibility index (Phi) is 4.32. The molecule has 1 saturated heterocycles. The monoisotopic (exact) mass is 411 g/mol. The first-order valence-corrected chi connectivity index (χ1v) is 11.5. The second-order valence-corrected chi connectivity index (χ2v) is 9.39. The fourth-order valence-corrected chi connectivity index (χ4v) is 5.49. The van der Waals surface area contributed by atoms with Gasteiger partial charge in [-0.05, 0) is 42.3 Å². The summed E-state index contributed by atoms with van der Waals surface area (Å²) in [6, 6.07) is 24.6. The van der Waals surface area contributed by atoms with Crippen molar-refractivity contribution in [2.75, 3.05) is 13.1 Å². The molecule has 0 aliphatic carbocycles. The lowest BCUT2D eigenvalue weighted by Crippen LogP contribution is -2.59. The summed E-state index contributed by atoms with van der Waals surface area (Å²) in [7, 11) is 0. The van der Waals surface area contributed by atoms with Crippen molar-refractivity contribution < 1.29 is 4.74 Å². The van der Waals surface area contributed by atoms with E-state index in [1.54, 1.807) is 0 Å². The van der Waals surface area contributed by atoms with Crippen LogP contribution in [0.3, 0.4) is 0 Å². The van der Waals surface area contributed by atoms with Gasteiger partial charge in [-0.15, -0.1) is 0 Å². The molecule has 3 aliphatic rings. The fourth-order valence-electron chi connectivity index (χ4n) is 5.49. The van der Waals surface area contributed by atoms with E-state index in [1.165, 1.54) is 27.6 Å². The Balaban J connectivity index is 1.40. The number of rotatable bonds is 2. The molecule has 0 amide bonds. The predicted octanol–water partition coefficient (Wildman–Crippen LogP) is 5.58. The molecule has 0 unspecified atom stereocenters. The zero-order chi connectivity index (χ0) is 21.0. The van der Waals surface area contributed by atoms with Crippen molar-refractivity contribution >= 4 is 16.5 Å². The third kappa shape index (κ3) is 3.04. The first-order chi connectivity index (χ1) is 15.1. The molecular formula is C27H29N3O. The number of hydrazone groups is 1. The summed E-state index contributed by atoms with van der Waals surface area (Å²) in [6.45, 7) is 6.65. The van der Waals surface area contributed by atoms with Gasteiger partial charge in [0.2, 0.25) is 5.72 Å². The van der Waals surface area contributed by atoms with Crippen LogP contribution in [0.4, 0.5) is 0 Å². The molecule has 31 heavy (non-hydrogen) atoms. The number of benzene rings is 3. The van der Waals surface area contributed by atoms with E-state index in [-0.39, 0.29) is 11.8 Å². The summed E-state index contributed by atoms with van der Waals surface area (Å²) in [5.41, 5.74) is 3.31. The summed E-state index contributed by atoms with van der Waals surface area (Å²) in [5.74, 6) is 1.04. The van der Waals surface area contributed by atoms with E-state index in [4.69, 9.17) is 9.84 Å². The SMILES string of the molecule is CC(C)N1CCC2(CC1)Oc1ccccc1[C@H]1CC(c3ccc4ccccc4c3)=NN12. The Hall–Kier alpha value is -2.85. The van der Waals surface area contributed by atoms with Gasteiger partial charge in [-0.3, -0.25) is 0 Å². The molecule has 3 heterocycles. The van der Waals surface area contributed by atoms with Crippen LogP contribution in [0.15, 0.2) is 71.8 Å². The van der Waals surface area contributed by atoms with E-state index in [2.05, 4.69) is 90.5 Å². The number of ether oxygens (including phenoxy) is 1. The molecule has 0 saturated carbocycles. The molecule has 0 bridgehead atoms. The Bertz CT molecular complexity index is 1160. The van der Waals surface area contributed by atoms with Crippen molar-refractivity contribution in [2.24, 2.45) is 5.10 Å². The van der Waals surface area contributed by atoms with E-state index in [0.717, 1.165) is 38.1 Å². The maximum atomic E-state index is 6.75. The highest BCUT2D eigenvalue weighted by Crippen LogP contribution is 2.50. The fraction of sp³-hybridized carbons (Fsp3) is 0.370. The first-order valence-electron chi connectivity index (χ1n) is 11.5. The second-order valence-electron chi connectivity index (χ2n) is 9.39.